The summed E-state index contributed by atoms with van der Waals surface area (Å²) in [4.78, 5) is 0. The Hall–Kier alpha value is -0.570. The van der Waals surface area contributed by atoms with E-state index in [2.05, 4.69) is 18.3 Å². The summed E-state index contributed by atoms with van der Waals surface area (Å²) in [7, 11) is 1.73. The largest absolute Gasteiger partial charge is 0.377 e. The minimum atomic E-state index is 0.119. The molecule has 1 aromatic rings. The molecule has 1 aromatic carbocycles. The van der Waals surface area contributed by atoms with Gasteiger partial charge in [-0.3, -0.25) is 0 Å². The van der Waals surface area contributed by atoms with Crippen molar-refractivity contribution in [2.24, 2.45) is 0 Å². The standard InChI is InChI=1S/C13H18ClNO/c1-9(16-2)13-6-3-11(14)7-10(13)8-15-12-4-5-12/h3,6-7,9,12,15H,4-5,8H2,1-2H3. The molecule has 3 heteroatoms. The van der Waals surface area contributed by atoms with Crippen LogP contribution in [0.1, 0.15) is 37.0 Å². The third-order valence-electron chi connectivity index (χ3n) is 3.06. The number of hydrogen-bond donors (Lipinski definition) is 1. The van der Waals surface area contributed by atoms with E-state index in [0.29, 0.717) is 6.04 Å². The molecule has 1 unspecified atom stereocenters. The topological polar surface area (TPSA) is 21.3 Å². The highest BCUT2D eigenvalue weighted by atomic mass is 35.5. The Morgan fingerprint density at radius 3 is 2.88 bits per heavy atom. The van der Waals surface area contributed by atoms with E-state index in [0.717, 1.165) is 11.6 Å². The molecular weight excluding hydrogens is 222 g/mol. The number of benzene rings is 1. The molecule has 0 bridgehead atoms. The Bertz CT molecular complexity index is 363. The maximum Gasteiger partial charge on any atom is 0.0796 e. The molecule has 1 saturated carbocycles. The number of rotatable bonds is 5. The Balaban J connectivity index is 2.13. The summed E-state index contributed by atoms with van der Waals surface area (Å²) in [6, 6.07) is 6.72. The van der Waals surface area contributed by atoms with Crippen molar-refractivity contribution < 1.29 is 4.74 Å². The summed E-state index contributed by atoms with van der Waals surface area (Å²) in [6.07, 6.45) is 2.72. The number of methoxy groups -OCH3 is 1. The average molecular weight is 240 g/mol. The van der Waals surface area contributed by atoms with Crippen LogP contribution in [0.15, 0.2) is 18.2 Å². The molecule has 2 rings (SSSR count). The average Bonchev–Trinajstić information content (AvgIpc) is 3.09. The maximum atomic E-state index is 6.03. The fourth-order valence-electron chi connectivity index (χ4n) is 1.79. The second-order valence-electron chi connectivity index (χ2n) is 4.38. The van der Waals surface area contributed by atoms with Crippen LogP contribution in [-0.4, -0.2) is 13.2 Å². The lowest BCUT2D eigenvalue weighted by Crippen LogP contribution is -2.17. The number of nitrogens with one attached hydrogen (secondary N) is 1. The number of ether oxygens (including phenoxy) is 1. The highest BCUT2D eigenvalue weighted by Crippen LogP contribution is 2.25. The first-order valence-corrected chi connectivity index (χ1v) is 6.13. The molecular formula is C13H18ClNO. The molecule has 16 heavy (non-hydrogen) atoms. The number of halogens is 1. The fourth-order valence-corrected chi connectivity index (χ4v) is 1.99. The normalized spacial score (nSPS) is 17.4. The van der Waals surface area contributed by atoms with Gasteiger partial charge in [0.05, 0.1) is 6.10 Å². The molecule has 1 aliphatic rings. The minimum Gasteiger partial charge on any atom is -0.377 e. The predicted molar refractivity (Wildman–Crippen MR) is 66.7 cm³/mol. The van der Waals surface area contributed by atoms with Crippen molar-refractivity contribution in [1.82, 2.24) is 5.32 Å². The van der Waals surface area contributed by atoms with Crippen LogP contribution in [0.5, 0.6) is 0 Å². The van der Waals surface area contributed by atoms with Gasteiger partial charge in [0.15, 0.2) is 0 Å². The van der Waals surface area contributed by atoms with Gasteiger partial charge in [-0.2, -0.15) is 0 Å². The molecule has 88 valence electrons. The molecule has 1 N–H and O–H groups in total. The molecule has 0 amide bonds. The summed E-state index contributed by atoms with van der Waals surface area (Å²) in [5, 5.41) is 4.30. The van der Waals surface area contributed by atoms with Crippen molar-refractivity contribution in [1.29, 1.82) is 0 Å². The van der Waals surface area contributed by atoms with Gasteiger partial charge >= 0.3 is 0 Å². The van der Waals surface area contributed by atoms with Crippen LogP contribution in [0.3, 0.4) is 0 Å². The Morgan fingerprint density at radius 2 is 2.25 bits per heavy atom. The van der Waals surface area contributed by atoms with Crippen LogP contribution in [0.2, 0.25) is 5.02 Å². The van der Waals surface area contributed by atoms with Gasteiger partial charge in [0.1, 0.15) is 0 Å². The third-order valence-corrected chi connectivity index (χ3v) is 3.29. The van der Waals surface area contributed by atoms with Crippen molar-refractivity contribution in [2.75, 3.05) is 7.11 Å². The lowest BCUT2D eigenvalue weighted by Gasteiger charge is -2.16. The van der Waals surface area contributed by atoms with E-state index in [4.69, 9.17) is 16.3 Å². The van der Waals surface area contributed by atoms with Gasteiger partial charge in [0, 0.05) is 24.7 Å². The Kier molecular flexibility index (Phi) is 3.85. The van der Waals surface area contributed by atoms with Crippen molar-refractivity contribution in [3.05, 3.63) is 34.3 Å². The Labute approximate surface area is 102 Å². The summed E-state index contributed by atoms with van der Waals surface area (Å²) in [5.41, 5.74) is 2.47. The molecule has 0 heterocycles. The van der Waals surface area contributed by atoms with E-state index in [1.807, 2.05) is 12.1 Å². The van der Waals surface area contributed by atoms with Gasteiger partial charge in [-0.05, 0) is 43.0 Å². The van der Waals surface area contributed by atoms with E-state index >= 15 is 0 Å². The molecule has 0 aliphatic heterocycles. The van der Waals surface area contributed by atoms with Gasteiger partial charge in [0.2, 0.25) is 0 Å². The lowest BCUT2D eigenvalue weighted by molar-refractivity contribution is 0.118. The van der Waals surface area contributed by atoms with E-state index < -0.39 is 0 Å². The SMILES string of the molecule is COC(C)c1ccc(Cl)cc1CNC1CC1. The van der Waals surface area contributed by atoms with Gasteiger partial charge in [-0.15, -0.1) is 0 Å². The second kappa shape index (κ2) is 5.17. The number of hydrogen-bond acceptors (Lipinski definition) is 2. The van der Waals surface area contributed by atoms with Crippen molar-refractivity contribution in [3.8, 4) is 0 Å². The minimum absolute atomic E-state index is 0.119. The summed E-state index contributed by atoms with van der Waals surface area (Å²) < 4.78 is 5.37. The summed E-state index contributed by atoms with van der Waals surface area (Å²) in [5.74, 6) is 0. The first kappa shape index (κ1) is 11.9. The van der Waals surface area contributed by atoms with Gasteiger partial charge in [0.25, 0.3) is 0 Å². The zero-order chi connectivity index (χ0) is 11.5. The van der Waals surface area contributed by atoms with Crippen LogP contribution in [0.25, 0.3) is 0 Å². The van der Waals surface area contributed by atoms with Crippen LogP contribution >= 0.6 is 11.6 Å². The summed E-state index contributed by atoms with van der Waals surface area (Å²) in [6.45, 7) is 2.94. The van der Waals surface area contributed by atoms with E-state index in [9.17, 15) is 0 Å². The molecule has 1 fully saturated rings. The highest BCUT2D eigenvalue weighted by Gasteiger charge is 2.21. The van der Waals surface area contributed by atoms with E-state index in [1.54, 1.807) is 7.11 Å². The molecule has 0 radical (unpaired) electrons. The first-order valence-electron chi connectivity index (χ1n) is 5.75. The van der Waals surface area contributed by atoms with Crippen LogP contribution in [0.4, 0.5) is 0 Å². The smallest absolute Gasteiger partial charge is 0.0796 e. The van der Waals surface area contributed by atoms with E-state index in [-0.39, 0.29) is 6.10 Å². The van der Waals surface area contributed by atoms with Crippen LogP contribution in [0, 0.1) is 0 Å². The quantitative estimate of drug-likeness (QED) is 0.851. The van der Waals surface area contributed by atoms with Crippen molar-refractivity contribution in [3.63, 3.8) is 0 Å². The lowest BCUT2D eigenvalue weighted by atomic mass is 10.0. The highest BCUT2D eigenvalue weighted by molar-refractivity contribution is 6.30. The molecule has 0 spiro atoms. The van der Waals surface area contributed by atoms with Crippen molar-refractivity contribution >= 4 is 11.6 Å². The van der Waals surface area contributed by atoms with E-state index in [1.165, 1.54) is 24.0 Å². The Morgan fingerprint density at radius 1 is 1.50 bits per heavy atom. The van der Waals surface area contributed by atoms with Crippen LogP contribution in [-0.2, 0) is 11.3 Å². The maximum absolute atomic E-state index is 6.03. The van der Waals surface area contributed by atoms with Crippen LogP contribution < -0.4 is 5.32 Å². The second-order valence-corrected chi connectivity index (χ2v) is 4.81. The molecule has 2 nitrogen and oxygen atoms in total. The van der Waals surface area contributed by atoms with Gasteiger partial charge < -0.3 is 10.1 Å². The van der Waals surface area contributed by atoms with Crippen molar-refractivity contribution in [2.45, 2.75) is 38.5 Å². The third kappa shape index (κ3) is 2.97. The van der Waals surface area contributed by atoms with Gasteiger partial charge in [-0.25, -0.2) is 0 Å². The molecule has 1 aliphatic carbocycles. The molecule has 0 aromatic heterocycles. The first-order chi connectivity index (χ1) is 7.70. The predicted octanol–water partition coefficient (Wildman–Crippen LogP) is 3.30. The zero-order valence-electron chi connectivity index (χ0n) is 9.79. The monoisotopic (exact) mass is 239 g/mol. The fraction of sp³-hybridized carbons (Fsp3) is 0.538. The zero-order valence-corrected chi connectivity index (χ0v) is 10.6. The van der Waals surface area contributed by atoms with Gasteiger partial charge in [-0.1, -0.05) is 17.7 Å². The molecule has 0 saturated heterocycles. The summed E-state index contributed by atoms with van der Waals surface area (Å²) >= 11 is 6.03. The molecule has 1 atom stereocenters.